The Labute approximate surface area is 193 Å². The lowest BCUT2D eigenvalue weighted by Gasteiger charge is -2.38. The van der Waals surface area contributed by atoms with Crippen molar-refractivity contribution in [1.82, 2.24) is 9.80 Å². The second kappa shape index (κ2) is 9.79. The molecule has 7 nitrogen and oxygen atoms in total. The van der Waals surface area contributed by atoms with Crippen molar-refractivity contribution in [3.8, 4) is 11.5 Å². The number of methoxy groups -OCH3 is 2. The molecule has 0 N–H and O–H groups in total. The Morgan fingerprint density at radius 3 is 2.28 bits per heavy atom. The Morgan fingerprint density at radius 1 is 0.938 bits per heavy atom. The minimum absolute atomic E-state index is 0.0876. The zero-order chi connectivity index (χ0) is 22.7. The first kappa shape index (κ1) is 22.4. The maximum Gasteiger partial charge on any atom is 0.247 e. The molecule has 0 saturated carbocycles. The summed E-state index contributed by atoms with van der Waals surface area (Å²) < 4.78 is 10.6. The van der Waals surface area contributed by atoms with E-state index in [1.807, 2.05) is 42.5 Å². The zero-order valence-corrected chi connectivity index (χ0v) is 19.2. The second-order valence-electron chi connectivity index (χ2n) is 8.04. The van der Waals surface area contributed by atoms with Crippen LogP contribution in [0.3, 0.4) is 0 Å². The van der Waals surface area contributed by atoms with Gasteiger partial charge >= 0.3 is 0 Å². The van der Waals surface area contributed by atoms with E-state index in [1.165, 1.54) is 4.90 Å². The normalized spacial score (nSPS) is 19.5. The summed E-state index contributed by atoms with van der Waals surface area (Å²) >= 11 is 5.98. The van der Waals surface area contributed by atoms with Crippen LogP contribution in [0, 0.1) is 0 Å². The Morgan fingerprint density at radius 2 is 1.62 bits per heavy atom. The van der Waals surface area contributed by atoms with Gasteiger partial charge in [-0.2, -0.15) is 0 Å². The number of halogens is 1. The number of amides is 2. The maximum atomic E-state index is 13.0. The van der Waals surface area contributed by atoms with Gasteiger partial charge in [-0.3, -0.25) is 19.4 Å². The third kappa shape index (κ3) is 4.69. The van der Waals surface area contributed by atoms with Gasteiger partial charge in [-0.1, -0.05) is 17.7 Å². The number of carbonyl (C=O) groups is 2. The van der Waals surface area contributed by atoms with Crippen molar-refractivity contribution in [2.45, 2.75) is 18.9 Å². The molecule has 0 aliphatic carbocycles. The molecule has 4 rings (SSSR count). The SMILES string of the molecule is COc1ccc(CCN2C(=O)CC(N3CCN(c4ccc(Cl)cc4)CC3)C2=O)cc1OC. The smallest absolute Gasteiger partial charge is 0.247 e. The van der Waals surface area contributed by atoms with Gasteiger partial charge in [0.2, 0.25) is 11.8 Å². The van der Waals surface area contributed by atoms with E-state index < -0.39 is 0 Å². The summed E-state index contributed by atoms with van der Waals surface area (Å²) in [6.45, 7) is 3.48. The molecular weight excluding hydrogens is 430 g/mol. The number of benzene rings is 2. The fourth-order valence-corrected chi connectivity index (χ4v) is 4.53. The summed E-state index contributed by atoms with van der Waals surface area (Å²) in [6, 6.07) is 13.1. The molecule has 8 heteroatoms. The lowest BCUT2D eigenvalue weighted by Crippen LogP contribution is -2.52. The minimum atomic E-state index is -0.361. The van der Waals surface area contributed by atoms with Crippen LogP contribution >= 0.6 is 11.6 Å². The number of anilines is 1. The van der Waals surface area contributed by atoms with Crippen LogP contribution in [0.25, 0.3) is 0 Å². The highest BCUT2D eigenvalue weighted by Gasteiger charge is 2.42. The van der Waals surface area contributed by atoms with Crippen LogP contribution in [0.1, 0.15) is 12.0 Å². The summed E-state index contributed by atoms with van der Waals surface area (Å²) in [7, 11) is 3.18. The van der Waals surface area contributed by atoms with Gasteiger partial charge in [-0.25, -0.2) is 0 Å². The van der Waals surface area contributed by atoms with E-state index >= 15 is 0 Å². The van der Waals surface area contributed by atoms with Crippen molar-refractivity contribution >= 4 is 29.1 Å². The molecule has 2 aliphatic rings. The van der Waals surface area contributed by atoms with Crippen molar-refractivity contribution in [2.75, 3.05) is 51.8 Å². The van der Waals surface area contributed by atoms with E-state index in [2.05, 4.69) is 9.80 Å². The number of piperazine rings is 1. The van der Waals surface area contributed by atoms with E-state index in [0.717, 1.165) is 42.5 Å². The number of hydrogen-bond acceptors (Lipinski definition) is 6. The Hall–Kier alpha value is -2.77. The molecule has 32 heavy (non-hydrogen) atoms. The first-order valence-electron chi connectivity index (χ1n) is 10.8. The van der Waals surface area contributed by atoms with Gasteiger partial charge in [0.25, 0.3) is 0 Å². The maximum absolute atomic E-state index is 13.0. The molecule has 2 amide bonds. The first-order valence-corrected chi connectivity index (χ1v) is 11.2. The van der Waals surface area contributed by atoms with Crippen LogP contribution in [0.5, 0.6) is 11.5 Å². The van der Waals surface area contributed by atoms with Crippen molar-refractivity contribution in [3.05, 3.63) is 53.1 Å². The van der Waals surface area contributed by atoms with Crippen LogP contribution in [0.2, 0.25) is 5.02 Å². The van der Waals surface area contributed by atoms with Crippen molar-refractivity contribution < 1.29 is 19.1 Å². The number of rotatable bonds is 7. The topological polar surface area (TPSA) is 62.3 Å². The predicted octanol–water partition coefficient (Wildman–Crippen LogP) is 2.85. The average molecular weight is 458 g/mol. The molecule has 2 fully saturated rings. The summed E-state index contributed by atoms with van der Waals surface area (Å²) in [6.07, 6.45) is 0.834. The first-order chi connectivity index (χ1) is 15.5. The summed E-state index contributed by atoms with van der Waals surface area (Å²) in [5.74, 6) is 1.11. The molecule has 2 aliphatic heterocycles. The standard InChI is InChI=1S/C24H28ClN3O4/c1-31-21-8-3-17(15-22(21)32-2)9-10-28-23(29)16-20(24(28)30)27-13-11-26(12-14-27)19-6-4-18(25)5-7-19/h3-8,15,20H,9-14,16H2,1-2H3. The minimum Gasteiger partial charge on any atom is -0.493 e. The van der Waals surface area contributed by atoms with Crippen molar-refractivity contribution in [3.63, 3.8) is 0 Å². The molecule has 2 saturated heterocycles. The van der Waals surface area contributed by atoms with Gasteiger partial charge < -0.3 is 14.4 Å². The van der Waals surface area contributed by atoms with Gasteiger partial charge in [0.15, 0.2) is 11.5 Å². The largest absolute Gasteiger partial charge is 0.493 e. The number of hydrogen-bond donors (Lipinski definition) is 0. The third-order valence-electron chi connectivity index (χ3n) is 6.24. The molecule has 0 spiro atoms. The predicted molar refractivity (Wildman–Crippen MR) is 124 cm³/mol. The van der Waals surface area contributed by atoms with Crippen LogP contribution in [-0.4, -0.2) is 74.6 Å². The highest BCUT2D eigenvalue weighted by Crippen LogP contribution is 2.28. The van der Waals surface area contributed by atoms with E-state index in [1.54, 1.807) is 14.2 Å². The van der Waals surface area contributed by atoms with Crippen LogP contribution in [0.15, 0.2) is 42.5 Å². The zero-order valence-electron chi connectivity index (χ0n) is 18.4. The third-order valence-corrected chi connectivity index (χ3v) is 6.49. The number of imide groups is 1. The van der Waals surface area contributed by atoms with Crippen molar-refractivity contribution in [2.24, 2.45) is 0 Å². The summed E-state index contributed by atoms with van der Waals surface area (Å²) in [4.78, 5) is 31.5. The van der Waals surface area contributed by atoms with Crippen LogP contribution in [-0.2, 0) is 16.0 Å². The van der Waals surface area contributed by atoms with Crippen molar-refractivity contribution in [1.29, 1.82) is 0 Å². The number of nitrogens with zero attached hydrogens (tertiary/aromatic N) is 3. The van der Waals surface area contributed by atoms with Gasteiger partial charge in [-0.05, 0) is 48.4 Å². The molecule has 0 aromatic heterocycles. The van der Waals surface area contributed by atoms with E-state index in [0.29, 0.717) is 24.5 Å². The molecule has 2 aromatic carbocycles. The Bertz CT molecular complexity index is 974. The highest BCUT2D eigenvalue weighted by atomic mass is 35.5. The number of ether oxygens (including phenoxy) is 2. The van der Waals surface area contributed by atoms with Gasteiger partial charge in [0.1, 0.15) is 0 Å². The van der Waals surface area contributed by atoms with E-state index in [9.17, 15) is 9.59 Å². The fourth-order valence-electron chi connectivity index (χ4n) is 4.41. The molecule has 1 atom stereocenters. The Balaban J connectivity index is 1.33. The average Bonchev–Trinajstić information content (AvgIpc) is 3.11. The second-order valence-corrected chi connectivity index (χ2v) is 8.48. The van der Waals surface area contributed by atoms with E-state index in [-0.39, 0.29) is 24.3 Å². The highest BCUT2D eigenvalue weighted by molar-refractivity contribution is 6.30. The van der Waals surface area contributed by atoms with E-state index in [4.69, 9.17) is 21.1 Å². The number of likely N-dealkylation sites (tertiary alicyclic amines) is 1. The van der Waals surface area contributed by atoms with Crippen LogP contribution in [0.4, 0.5) is 5.69 Å². The van der Waals surface area contributed by atoms with Gasteiger partial charge in [0, 0.05) is 43.4 Å². The van der Waals surface area contributed by atoms with Gasteiger partial charge in [-0.15, -0.1) is 0 Å². The summed E-state index contributed by atoms with van der Waals surface area (Å²) in [5.41, 5.74) is 2.11. The Kier molecular flexibility index (Phi) is 6.86. The van der Waals surface area contributed by atoms with Gasteiger partial charge in [0.05, 0.1) is 26.7 Å². The summed E-state index contributed by atoms with van der Waals surface area (Å²) in [5, 5.41) is 0.718. The molecule has 2 aromatic rings. The molecular formula is C24H28ClN3O4. The van der Waals surface area contributed by atoms with Crippen LogP contribution < -0.4 is 14.4 Å². The monoisotopic (exact) mass is 457 g/mol. The molecule has 170 valence electrons. The lowest BCUT2D eigenvalue weighted by molar-refractivity contribution is -0.139. The molecule has 2 heterocycles. The fraction of sp³-hybridized carbons (Fsp3) is 0.417. The molecule has 0 bridgehead atoms. The number of carbonyl (C=O) groups excluding carboxylic acids is 2. The quantitative estimate of drug-likeness (QED) is 0.596. The molecule has 0 radical (unpaired) electrons. The molecule has 1 unspecified atom stereocenters. The lowest BCUT2D eigenvalue weighted by atomic mass is 10.1.